The molecule has 2 fully saturated rings. The van der Waals surface area contributed by atoms with Crippen molar-refractivity contribution in [1.82, 2.24) is 41.7 Å². The molecule has 22 nitrogen and oxygen atoms in total. The Bertz CT molecular complexity index is 1460. The highest BCUT2D eigenvalue weighted by Gasteiger charge is 2.36. The standard InChI is InChI=1S/C26H40N6O8.C14H26N2O6/c1-16(12-21(35)29-8-6-27-19(33)4-10-31-23(37)14-17(2)25(31)39)13-22(36)30-9-7-28-20(34)5-11-32-24(38)15-18(3)26(32)40;1-4-15-13(18)21-9-12(10-22-14(19)16-5-2)20-8-6-7-11(3)17/h16-18H,4-15H2,1-3H3,(H,27,33)(H,28,34)(H,29,35)(H,30,36);12H,4-10H2,1-3H3,(H,15,18)(H,16,19). The lowest BCUT2D eigenvalue weighted by atomic mass is 10.0. The van der Waals surface area contributed by atoms with Gasteiger partial charge in [-0.15, -0.1) is 0 Å². The minimum atomic E-state index is -0.572. The molecule has 2 unspecified atom stereocenters. The molecule has 62 heavy (non-hydrogen) atoms. The van der Waals surface area contributed by atoms with Crippen LogP contribution in [0.3, 0.4) is 0 Å². The molecule has 2 saturated heterocycles. The number of Topliss-reactive ketones (excluding diaryl/α,β-unsaturated/α-hetero) is 1. The predicted molar refractivity (Wildman–Crippen MR) is 220 cm³/mol. The number of nitrogens with one attached hydrogen (secondary N) is 6. The van der Waals surface area contributed by atoms with E-state index in [9.17, 15) is 52.7 Å². The fourth-order valence-corrected chi connectivity index (χ4v) is 5.87. The Morgan fingerprint density at radius 3 is 1.34 bits per heavy atom. The number of ether oxygens (including phenoxy) is 3. The first-order valence-corrected chi connectivity index (χ1v) is 21.1. The van der Waals surface area contributed by atoms with E-state index in [1.54, 1.807) is 34.6 Å². The van der Waals surface area contributed by atoms with Gasteiger partial charge < -0.3 is 50.9 Å². The van der Waals surface area contributed by atoms with Crippen LogP contribution in [0.2, 0.25) is 0 Å². The van der Waals surface area contributed by atoms with Crippen molar-refractivity contribution in [2.24, 2.45) is 17.8 Å². The van der Waals surface area contributed by atoms with E-state index in [1.165, 1.54) is 6.92 Å². The Morgan fingerprint density at radius 2 is 1.00 bits per heavy atom. The smallest absolute Gasteiger partial charge is 0.407 e. The van der Waals surface area contributed by atoms with Crippen molar-refractivity contribution >= 4 is 65.2 Å². The van der Waals surface area contributed by atoms with E-state index in [0.29, 0.717) is 32.5 Å². The molecule has 2 aliphatic rings. The lowest BCUT2D eigenvalue weighted by Crippen LogP contribution is -2.38. The van der Waals surface area contributed by atoms with Crippen LogP contribution in [0.1, 0.15) is 92.9 Å². The van der Waals surface area contributed by atoms with Gasteiger partial charge in [0.1, 0.15) is 25.1 Å². The van der Waals surface area contributed by atoms with E-state index >= 15 is 0 Å². The van der Waals surface area contributed by atoms with Gasteiger partial charge in [0.15, 0.2) is 0 Å². The molecule has 2 atom stereocenters. The maximum absolute atomic E-state index is 12.1. The Labute approximate surface area is 362 Å². The molecular formula is C40H66N8O14. The Balaban J connectivity index is 0.000000740. The molecule has 2 aliphatic heterocycles. The third-order valence-electron chi connectivity index (χ3n) is 9.14. The molecule has 2 rings (SSSR count). The number of carbonyl (C=O) groups is 11. The lowest BCUT2D eigenvalue weighted by Gasteiger charge is -2.18. The zero-order chi connectivity index (χ0) is 46.6. The molecule has 10 amide bonds. The van der Waals surface area contributed by atoms with E-state index in [4.69, 9.17) is 14.2 Å². The number of rotatable bonds is 27. The Hall–Kier alpha value is -5.67. The van der Waals surface area contributed by atoms with Gasteiger partial charge in [0.25, 0.3) is 0 Å². The average molecular weight is 883 g/mol. The maximum Gasteiger partial charge on any atom is 0.407 e. The molecule has 2 heterocycles. The Kier molecular flexibility index (Phi) is 26.6. The summed E-state index contributed by atoms with van der Waals surface area (Å²) in [7, 11) is 0. The number of amides is 10. The van der Waals surface area contributed by atoms with E-state index in [2.05, 4.69) is 31.9 Å². The number of nitrogens with zero attached hydrogens (tertiary/aromatic N) is 2. The number of likely N-dealkylation sites (tertiary alicyclic amines) is 2. The van der Waals surface area contributed by atoms with Crippen molar-refractivity contribution in [3.63, 3.8) is 0 Å². The van der Waals surface area contributed by atoms with E-state index in [1.807, 2.05) is 0 Å². The molecule has 0 saturated carbocycles. The fraction of sp³-hybridized carbons (Fsp3) is 0.725. The number of hydrogen-bond donors (Lipinski definition) is 6. The summed E-state index contributed by atoms with van der Waals surface area (Å²) >= 11 is 0. The summed E-state index contributed by atoms with van der Waals surface area (Å²) in [5.74, 6) is -3.14. The van der Waals surface area contributed by atoms with Crippen LogP contribution in [-0.4, -0.2) is 153 Å². The van der Waals surface area contributed by atoms with Crippen LogP contribution in [0.25, 0.3) is 0 Å². The summed E-state index contributed by atoms with van der Waals surface area (Å²) in [6, 6.07) is 0. The van der Waals surface area contributed by atoms with Gasteiger partial charge in [-0.2, -0.15) is 0 Å². The van der Waals surface area contributed by atoms with Crippen molar-refractivity contribution in [3.8, 4) is 0 Å². The highest BCUT2D eigenvalue weighted by Crippen LogP contribution is 2.19. The molecule has 350 valence electrons. The Morgan fingerprint density at radius 1 is 0.613 bits per heavy atom. The van der Waals surface area contributed by atoms with Crippen LogP contribution in [-0.2, 0) is 57.4 Å². The first kappa shape index (κ1) is 54.3. The largest absolute Gasteiger partial charge is 0.447 e. The van der Waals surface area contributed by atoms with Crippen LogP contribution in [0, 0.1) is 17.8 Å². The van der Waals surface area contributed by atoms with Crippen molar-refractivity contribution in [2.75, 3.05) is 72.2 Å². The molecule has 0 radical (unpaired) electrons. The topological polar surface area (TPSA) is 294 Å². The molecule has 0 bridgehead atoms. The fourth-order valence-electron chi connectivity index (χ4n) is 5.87. The van der Waals surface area contributed by atoms with Crippen molar-refractivity contribution in [2.45, 2.75) is 99.0 Å². The van der Waals surface area contributed by atoms with E-state index < -0.39 is 18.3 Å². The predicted octanol–water partition coefficient (Wildman–Crippen LogP) is -0.329. The molecule has 6 N–H and O–H groups in total. The van der Waals surface area contributed by atoms with Crippen LogP contribution < -0.4 is 31.9 Å². The molecule has 0 aromatic rings. The maximum atomic E-state index is 12.1. The number of carbonyl (C=O) groups excluding carboxylic acids is 11. The zero-order valence-corrected chi connectivity index (χ0v) is 36.9. The third kappa shape index (κ3) is 23.4. The molecule has 22 heteroatoms. The lowest BCUT2D eigenvalue weighted by molar-refractivity contribution is -0.141. The van der Waals surface area contributed by atoms with Crippen LogP contribution in [0.5, 0.6) is 0 Å². The SMILES string of the molecule is CC(CC(=O)NCCNC(=O)CCN1C(=O)CC(C)C1=O)CC(=O)NCCNC(=O)CCN1C(=O)CC(C)C1=O.CCNC(=O)OCC(COC(=O)NCC)OCCCC(C)=O. The highest BCUT2D eigenvalue weighted by molar-refractivity contribution is 6.04. The van der Waals surface area contributed by atoms with Crippen molar-refractivity contribution < 1.29 is 67.0 Å². The third-order valence-corrected chi connectivity index (χ3v) is 9.14. The van der Waals surface area contributed by atoms with Gasteiger partial charge in [-0.1, -0.05) is 20.8 Å². The van der Waals surface area contributed by atoms with Gasteiger partial charge in [-0.25, -0.2) is 9.59 Å². The first-order chi connectivity index (χ1) is 29.4. The minimum Gasteiger partial charge on any atom is -0.447 e. The number of imide groups is 2. The van der Waals surface area contributed by atoms with E-state index in [-0.39, 0.29) is 162 Å². The van der Waals surface area contributed by atoms with Gasteiger partial charge in [0.2, 0.25) is 47.3 Å². The van der Waals surface area contributed by atoms with Gasteiger partial charge >= 0.3 is 12.2 Å². The number of alkyl carbamates (subject to hydrolysis) is 2. The first-order valence-electron chi connectivity index (χ1n) is 21.1. The van der Waals surface area contributed by atoms with Gasteiger partial charge in [-0.05, 0) is 33.1 Å². The van der Waals surface area contributed by atoms with E-state index in [0.717, 1.165) is 9.80 Å². The average Bonchev–Trinajstić information content (AvgIpc) is 3.60. The molecule has 0 aliphatic carbocycles. The number of hydrogen-bond acceptors (Lipinski definition) is 14. The molecule has 0 aromatic carbocycles. The van der Waals surface area contributed by atoms with Crippen molar-refractivity contribution in [3.05, 3.63) is 0 Å². The second-order valence-electron chi connectivity index (χ2n) is 14.9. The summed E-state index contributed by atoms with van der Waals surface area (Å²) in [6.45, 7) is 12.2. The monoisotopic (exact) mass is 882 g/mol. The highest BCUT2D eigenvalue weighted by atomic mass is 16.6. The van der Waals surface area contributed by atoms with Crippen LogP contribution >= 0.6 is 0 Å². The van der Waals surface area contributed by atoms with Crippen molar-refractivity contribution in [1.29, 1.82) is 0 Å². The van der Waals surface area contributed by atoms with Gasteiger partial charge in [0, 0.05) is 116 Å². The van der Waals surface area contributed by atoms with Crippen LogP contribution in [0.4, 0.5) is 9.59 Å². The summed E-state index contributed by atoms with van der Waals surface area (Å²) in [4.78, 5) is 131. The second-order valence-corrected chi connectivity index (χ2v) is 14.9. The summed E-state index contributed by atoms with van der Waals surface area (Å²) in [6.07, 6.45) is -0.160. The van der Waals surface area contributed by atoms with Gasteiger partial charge in [-0.3, -0.25) is 48.2 Å². The quantitative estimate of drug-likeness (QED) is 0.0455. The zero-order valence-electron chi connectivity index (χ0n) is 36.9. The summed E-state index contributed by atoms with van der Waals surface area (Å²) in [5.41, 5.74) is 0. The molecular weight excluding hydrogens is 816 g/mol. The second kappa shape index (κ2) is 30.4. The molecule has 0 aromatic heterocycles. The molecule has 0 spiro atoms. The number of ketones is 1. The van der Waals surface area contributed by atoms with Crippen LogP contribution in [0.15, 0.2) is 0 Å². The normalized spacial score (nSPS) is 16.2. The van der Waals surface area contributed by atoms with Gasteiger partial charge in [0.05, 0.1) is 0 Å². The minimum absolute atomic E-state index is 0.00602. The summed E-state index contributed by atoms with van der Waals surface area (Å²) in [5, 5.41) is 15.6. The summed E-state index contributed by atoms with van der Waals surface area (Å²) < 4.78 is 15.4.